The molecule has 1 N–H and O–H groups in total. The van der Waals surface area contributed by atoms with Crippen LogP contribution in [0.5, 0.6) is 5.75 Å². The molecular formula is C23H26N2O2S. The van der Waals surface area contributed by atoms with Crippen LogP contribution in [0.2, 0.25) is 0 Å². The van der Waals surface area contributed by atoms with E-state index in [0.717, 1.165) is 22.6 Å². The highest BCUT2D eigenvalue weighted by molar-refractivity contribution is 7.14. The molecule has 4 nitrogen and oxygen atoms in total. The summed E-state index contributed by atoms with van der Waals surface area (Å²) < 4.78 is 5.82. The summed E-state index contributed by atoms with van der Waals surface area (Å²) >= 11 is 1.41. The van der Waals surface area contributed by atoms with E-state index in [9.17, 15) is 4.79 Å². The summed E-state index contributed by atoms with van der Waals surface area (Å²) in [4.78, 5) is 16.8. The highest BCUT2D eigenvalue weighted by atomic mass is 32.1. The van der Waals surface area contributed by atoms with Crippen LogP contribution in [-0.4, -0.2) is 17.5 Å². The van der Waals surface area contributed by atoms with Crippen LogP contribution in [0.15, 0.2) is 47.8 Å². The number of hydrogen-bond acceptors (Lipinski definition) is 4. The SMILES string of the molecule is Cc1ccc(-c2csc(NC(=O)COc3ccc(C)cc3C(C)(C)C)n2)cc1. The average molecular weight is 395 g/mol. The number of benzene rings is 2. The molecule has 0 bridgehead atoms. The Morgan fingerprint density at radius 3 is 2.43 bits per heavy atom. The zero-order valence-electron chi connectivity index (χ0n) is 17.0. The number of aryl methyl sites for hydroxylation is 2. The highest BCUT2D eigenvalue weighted by Crippen LogP contribution is 2.32. The summed E-state index contributed by atoms with van der Waals surface area (Å²) in [5.41, 5.74) is 5.30. The van der Waals surface area contributed by atoms with Crippen LogP contribution in [0.1, 0.15) is 37.5 Å². The van der Waals surface area contributed by atoms with Crippen molar-refractivity contribution in [3.63, 3.8) is 0 Å². The number of hydrogen-bond donors (Lipinski definition) is 1. The Morgan fingerprint density at radius 1 is 1.07 bits per heavy atom. The Morgan fingerprint density at radius 2 is 1.75 bits per heavy atom. The highest BCUT2D eigenvalue weighted by Gasteiger charge is 2.20. The fraction of sp³-hybridized carbons (Fsp3) is 0.304. The molecule has 5 heteroatoms. The maximum absolute atomic E-state index is 12.3. The third-order valence-electron chi connectivity index (χ3n) is 4.40. The predicted octanol–water partition coefficient (Wildman–Crippen LogP) is 5.74. The number of anilines is 1. The molecule has 1 aromatic heterocycles. The molecule has 0 fully saturated rings. The van der Waals surface area contributed by atoms with Crippen LogP contribution in [0.25, 0.3) is 11.3 Å². The average Bonchev–Trinajstić information content (AvgIpc) is 3.09. The molecule has 0 aliphatic heterocycles. The second kappa shape index (κ2) is 8.15. The van der Waals surface area contributed by atoms with Gasteiger partial charge in [0.15, 0.2) is 11.7 Å². The van der Waals surface area contributed by atoms with E-state index >= 15 is 0 Å². The second-order valence-electron chi connectivity index (χ2n) is 7.99. The standard InChI is InChI=1S/C23H26N2O2S/c1-15-6-9-17(10-7-15)19-14-28-22(24-19)25-21(26)13-27-20-11-8-16(2)12-18(20)23(3,4)5/h6-12,14H,13H2,1-5H3,(H,24,25,26). The fourth-order valence-electron chi connectivity index (χ4n) is 2.84. The summed E-state index contributed by atoms with van der Waals surface area (Å²) in [6.07, 6.45) is 0. The number of carbonyl (C=O) groups is 1. The van der Waals surface area contributed by atoms with E-state index in [1.807, 2.05) is 29.6 Å². The van der Waals surface area contributed by atoms with E-state index in [2.05, 4.69) is 63.1 Å². The molecule has 0 saturated heterocycles. The zero-order valence-corrected chi connectivity index (χ0v) is 17.8. The molecule has 1 heterocycles. The van der Waals surface area contributed by atoms with Gasteiger partial charge in [-0.15, -0.1) is 11.3 Å². The fourth-order valence-corrected chi connectivity index (χ4v) is 3.58. The minimum atomic E-state index is -0.217. The molecule has 0 atom stereocenters. The number of nitrogens with one attached hydrogen (secondary N) is 1. The monoisotopic (exact) mass is 394 g/mol. The molecule has 0 unspecified atom stereocenters. The van der Waals surface area contributed by atoms with Crippen molar-refractivity contribution >= 4 is 22.4 Å². The van der Waals surface area contributed by atoms with Gasteiger partial charge in [-0.05, 0) is 30.9 Å². The maximum Gasteiger partial charge on any atom is 0.264 e. The minimum absolute atomic E-state index is 0.0500. The number of thiazole rings is 1. The molecule has 2 aromatic carbocycles. The van der Waals surface area contributed by atoms with Crippen molar-refractivity contribution in [2.24, 2.45) is 0 Å². The summed E-state index contributed by atoms with van der Waals surface area (Å²) in [7, 11) is 0. The van der Waals surface area contributed by atoms with Gasteiger partial charge in [-0.2, -0.15) is 0 Å². The Kier molecular flexibility index (Phi) is 5.84. The van der Waals surface area contributed by atoms with Gasteiger partial charge in [0.2, 0.25) is 0 Å². The third-order valence-corrected chi connectivity index (χ3v) is 5.16. The van der Waals surface area contributed by atoms with Crippen molar-refractivity contribution in [2.45, 2.75) is 40.0 Å². The van der Waals surface area contributed by atoms with E-state index < -0.39 is 0 Å². The lowest BCUT2D eigenvalue weighted by atomic mass is 9.85. The largest absolute Gasteiger partial charge is 0.483 e. The quantitative estimate of drug-likeness (QED) is 0.600. The Bertz CT molecular complexity index is 969. The number of carbonyl (C=O) groups excluding carboxylic acids is 1. The van der Waals surface area contributed by atoms with E-state index in [-0.39, 0.29) is 17.9 Å². The molecule has 3 aromatic rings. The van der Waals surface area contributed by atoms with Gasteiger partial charge in [0.25, 0.3) is 5.91 Å². The van der Waals surface area contributed by atoms with Gasteiger partial charge < -0.3 is 4.74 Å². The molecule has 0 aliphatic rings. The van der Waals surface area contributed by atoms with E-state index in [0.29, 0.717) is 5.13 Å². The molecule has 0 radical (unpaired) electrons. The van der Waals surface area contributed by atoms with E-state index in [1.165, 1.54) is 22.5 Å². The summed E-state index contributed by atoms with van der Waals surface area (Å²) in [5, 5.41) is 5.34. The van der Waals surface area contributed by atoms with Crippen LogP contribution in [-0.2, 0) is 10.2 Å². The van der Waals surface area contributed by atoms with Gasteiger partial charge in [-0.3, -0.25) is 10.1 Å². The topological polar surface area (TPSA) is 51.2 Å². The van der Waals surface area contributed by atoms with Crippen LogP contribution in [0.3, 0.4) is 0 Å². The third kappa shape index (κ3) is 4.98. The first-order valence-electron chi connectivity index (χ1n) is 9.29. The molecule has 0 saturated carbocycles. The van der Waals surface area contributed by atoms with E-state index in [4.69, 9.17) is 4.74 Å². The van der Waals surface area contributed by atoms with Gasteiger partial charge in [0, 0.05) is 10.9 Å². The Balaban J connectivity index is 1.64. The summed E-state index contributed by atoms with van der Waals surface area (Å²) in [6.45, 7) is 10.5. The summed E-state index contributed by atoms with van der Waals surface area (Å²) in [5.74, 6) is 0.526. The second-order valence-corrected chi connectivity index (χ2v) is 8.85. The predicted molar refractivity (Wildman–Crippen MR) is 116 cm³/mol. The molecule has 146 valence electrons. The summed E-state index contributed by atoms with van der Waals surface area (Å²) in [6, 6.07) is 14.2. The molecule has 28 heavy (non-hydrogen) atoms. The number of aromatic nitrogens is 1. The zero-order chi connectivity index (χ0) is 20.3. The van der Waals surface area contributed by atoms with Crippen LogP contribution in [0.4, 0.5) is 5.13 Å². The van der Waals surface area contributed by atoms with Crippen LogP contribution < -0.4 is 10.1 Å². The number of nitrogens with zero attached hydrogens (tertiary/aromatic N) is 1. The van der Waals surface area contributed by atoms with Crippen LogP contribution in [0, 0.1) is 13.8 Å². The lowest BCUT2D eigenvalue weighted by Crippen LogP contribution is -2.22. The molecular weight excluding hydrogens is 368 g/mol. The van der Waals surface area contributed by atoms with Crippen molar-refractivity contribution in [3.8, 4) is 17.0 Å². The Hall–Kier alpha value is -2.66. The molecule has 1 amide bonds. The smallest absolute Gasteiger partial charge is 0.264 e. The number of rotatable bonds is 5. The van der Waals surface area contributed by atoms with Gasteiger partial charge in [0.05, 0.1) is 5.69 Å². The number of ether oxygens (including phenoxy) is 1. The normalized spacial score (nSPS) is 11.3. The molecule has 0 spiro atoms. The first-order chi connectivity index (χ1) is 13.2. The van der Waals surface area contributed by atoms with Crippen molar-refractivity contribution in [3.05, 3.63) is 64.5 Å². The minimum Gasteiger partial charge on any atom is -0.483 e. The van der Waals surface area contributed by atoms with Crippen molar-refractivity contribution in [1.82, 2.24) is 4.98 Å². The lowest BCUT2D eigenvalue weighted by Gasteiger charge is -2.23. The van der Waals surface area contributed by atoms with Gasteiger partial charge in [-0.25, -0.2) is 4.98 Å². The van der Waals surface area contributed by atoms with Gasteiger partial charge in [-0.1, -0.05) is 68.3 Å². The first-order valence-corrected chi connectivity index (χ1v) is 10.2. The van der Waals surface area contributed by atoms with Crippen molar-refractivity contribution in [1.29, 1.82) is 0 Å². The van der Waals surface area contributed by atoms with Gasteiger partial charge in [0.1, 0.15) is 5.75 Å². The van der Waals surface area contributed by atoms with Gasteiger partial charge >= 0.3 is 0 Å². The maximum atomic E-state index is 12.3. The molecule has 3 rings (SSSR count). The Labute approximate surface area is 170 Å². The van der Waals surface area contributed by atoms with E-state index in [1.54, 1.807) is 0 Å². The van der Waals surface area contributed by atoms with Crippen LogP contribution >= 0.6 is 11.3 Å². The lowest BCUT2D eigenvalue weighted by molar-refractivity contribution is -0.118. The number of amides is 1. The van der Waals surface area contributed by atoms with Crippen molar-refractivity contribution in [2.75, 3.05) is 11.9 Å². The first kappa shape index (κ1) is 20.1. The molecule has 0 aliphatic carbocycles. The van der Waals surface area contributed by atoms with Crippen molar-refractivity contribution < 1.29 is 9.53 Å².